The van der Waals surface area contributed by atoms with Crippen LogP contribution in [0.5, 0.6) is 0 Å². The molecule has 1 saturated carbocycles. The Labute approximate surface area is 121 Å². The first-order chi connectivity index (χ1) is 9.41. The first-order valence-electron chi connectivity index (χ1n) is 7.29. The number of nitrogens with two attached hydrogens (primary N) is 1. The number of hydrogen-bond donors (Lipinski definition) is 3. The van der Waals surface area contributed by atoms with Crippen LogP contribution in [-0.4, -0.2) is 11.9 Å². The number of benzene rings is 1. The molecule has 1 fully saturated rings. The molecule has 0 saturated heterocycles. The molecule has 4 nitrogen and oxygen atoms in total. The minimum absolute atomic E-state index is 0.0358. The second kappa shape index (κ2) is 5.83. The Bertz CT molecular complexity index is 486. The van der Waals surface area contributed by atoms with Gasteiger partial charge in [0, 0.05) is 6.04 Å². The number of anilines is 1. The van der Waals surface area contributed by atoms with Gasteiger partial charge in [-0.2, -0.15) is 0 Å². The maximum atomic E-state index is 12.4. The molecule has 0 bridgehead atoms. The van der Waals surface area contributed by atoms with Gasteiger partial charge < -0.3 is 10.7 Å². The van der Waals surface area contributed by atoms with E-state index in [1.54, 1.807) is 0 Å². The van der Waals surface area contributed by atoms with E-state index in [0.717, 1.165) is 31.2 Å². The van der Waals surface area contributed by atoms with E-state index in [1.807, 2.05) is 25.1 Å². The standard InChI is InChI=1S/C16H25N3O/c1-11-4-5-14(19-17)13(10-11)15(20)18-12-6-8-16(2,3)9-7-12/h4-5,10,12,19H,6-9,17H2,1-3H3,(H,18,20). The number of hydrogen-bond acceptors (Lipinski definition) is 3. The molecule has 1 amide bonds. The van der Waals surface area contributed by atoms with Crippen molar-refractivity contribution in [1.82, 2.24) is 5.32 Å². The molecule has 0 radical (unpaired) electrons. The smallest absolute Gasteiger partial charge is 0.253 e. The van der Waals surface area contributed by atoms with Crippen molar-refractivity contribution >= 4 is 11.6 Å². The van der Waals surface area contributed by atoms with Crippen molar-refractivity contribution in [2.45, 2.75) is 52.5 Å². The van der Waals surface area contributed by atoms with Gasteiger partial charge in [0.2, 0.25) is 0 Å². The van der Waals surface area contributed by atoms with Gasteiger partial charge in [-0.05, 0) is 50.2 Å². The third-order valence-corrected chi connectivity index (χ3v) is 4.25. The summed E-state index contributed by atoms with van der Waals surface area (Å²) in [6, 6.07) is 5.93. The normalized spacial score (nSPS) is 18.6. The average Bonchev–Trinajstić information content (AvgIpc) is 2.41. The monoisotopic (exact) mass is 275 g/mol. The van der Waals surface area contributed by atoms with Crippen LogP contribution < -0.4 is 16.6 Å². The number of nitrogen functional groups attached to an aromatic ring is 1. The van der Waals surface area contributed by atoms with Crippen molar-refractivity contribution in [3.8, 4) is 0 Å². The molecule has 4 N–H and O–H groups in total. The van der Waals surface area contributed by atoms with Crippen LogP contribution in [0.25, 0.3) is 0 Å². The van der Waals surface area contributed by atoms with E-state index in [1.165, 1.54) is 0 Å². The SMILES string of the molecule is Cc1ccc(NN)c(C(=O)NC2CCC(C)(C)CC2)c1. The molecule has 1 aromatic carbocycles. The predicted octanol–water partition coefficient (Wildman–Crippen LogP) is 2.98. The number of rotatable bonds is 3. The van der Waals surface area contributed by atoms with E-state index in [9.17, 15) is 4.79 Å². The molecule has 0 aliphatic heterocycles. The molecule has 1 aliphatic rings. The van der Waals surface area contributed by atoms with Gasteiger partial charge in [0.1, 0.15) is 0 Å². The maximum Gasteiger partial charge on any atom is 0.253 e. The second-order valence-electron chi connectivity index (χ2n) is 6.61. The molecule has 4 heteroatoms. The highest BCUT2D eigenvalue weighted by molar-refractivity contribution is 5.99. The van der Waals surface area contributed by atoms with Gasteiger partial charge in [-0.25, -0.2) is 0 Å². The van der Waals surface area contributed by atoms with Gasteiger partial charge >= 0.3 is 0 Å². The minimum atomic E-state index is -0.0358. The molecular formula is C16H25N3O. The Balaban J connectivity index is 2.04. The summed E-state index contributed by atoms with van der Waals surface area (Å²) in [6.45, 7) is 6.56. The van der Waals surface area contributed by atoms with E-state index in [4.69, 9.17) is 5.84 Å². The zero-order valence-corrected chi connectivity index (χ0v) is 12.6. The number of carbonyl (C=O) groups is 1. The number of amides is 1. The molecule has 0 spiro atoms. The highest BCUT2D eigenvalue weighted by Gasteiger charge is 2.28. The van der Waals surface area contributed by atoms with Crippen LogP contribution in [0.1, 0.15) is 55.5 Å². The molecule has 110 valence electrons. The zero-order chi connectivity index (χ0) is 14.8. The molecule has 0 heterocycles. The highest BCUT2D eigenvalue weighted by atomic mass is 16.1. The van der Waals surface area contributed by atoms with Gasteiger partial charge in [-0.3, -0.25) is 10.6 Å². The van der Waals surface area contributed by atoms with Gasteiger partial charge in [0.05, 0.1) is 11.3 Å². The first-order valence-corrected chi connectivity index (χ1v) is 7.29. The summed E-state index contributed by atoms with van der Waals surface area (Å²) in [4.78, 5) is 12.4. The van der Waals surface area contributed by atoms with Gasteiger partial charge in [0.15, 0.2) is 0 Å². The van der Waals surface area contributed by atoms with Crippen molar-refractivity contribution in [1.29, 1.82) is 0 Å². The van der Waals surface area contributed by atoms with Crippen LogP contribution in [0, 0.1) is 12.3 Å². The molecule has 20 heavy (non-hydrogen) atoms. The Hall–Kier alpha value is -1.55. The topological polar surface area (TPSA) is 67.1 Å². The van der Waals surface area contributed by atoms with Crippen molar-refractivity contribution in [2.75, 3.05) is 5.43 Å². The van der Waals surface area contributed by atoms with Crippen molar-refractivity contribution in [2.24, 2.45) is 11.3 Å². The molecule has 0 unspecified atom stereocenters. The number of nitrogens with one attached hydrogen (secondary N) is 2. The molecule has 2 rings (SSSR count). The van der Waals surface area contributed by atoms with Crippen molar-refractivity contribution < 1.29 is 4.79 Å². The lowest BCUT2D eigenvalue weighted by atomic mass is 9.75. The highest BCUT2D eigenvalue weighted by Crippen LogP contribution is 2.35. The Morgan fingerprint density at radius 2 is 1.95 bits per heavy atom. The summed E-state index contributed by atoms with van der Waals surface area (Å²) in [5, 5.41) is 3.14. The summed E-state index contributed by atoms with van der Waals surface area (Å²) in [5.74, 6) is 5.44. The van der Waals surface area contributed by atoms with Gasteiger partial charge in [-0.1, -0.05) is 25.5 Å². The fourth-order valence-corrected chi connectivity index (χ4v) is 2.78. The van der Waals surface area contributed by atoms with Crippen LogP contribution in [0.15, 0.2) is 18.2 Å². The van der Waals surface area contributed by atoms with E-state index < -0.39 is 0 Å². The Morgan fingerprint density at radius 3 is 2.55 bits per heavy atom. The second-order valence-corrected chi connectivity index (χ2v) is 6.61. The van der Waals surface area contributed by atoms with Gasteiger partial charge in [-0.15, -0.1) is 0 Å². The van der Waals surface area contributed by atoms with Crippen LogP contribution in [0.4, 0.5) is 5.69 Å². The van der Waals surface area contributed by atoms with E-state index in [2.05, 4.69) is 24.6 Å². The van der Waals surface area contributed by atoms with Crippen LogP contribution in [0.2, 0.25) is 0 Å². The lowest BCUT2D eigenvalue weighted by Crippen LogP contribution is -2.39. The van der Waals surface area contributed by atoms with Gasteiger partial charge in [0.25, 0.3) is 5.91 Å². The summed E-state index contributed by atoms with van der Waals surface area (Å²) in [6.07, 6.45) is 4.42. The fourth-order valence-electron chi connectivity index (χ4n) is 2.78. The largest absolute Gasteiger partial charge is 0.349 e. The lowest BCUT2D eigenvalue weighted by Gasteiger charge is -2.34. The Kier molecular flexibility index (Phi) is 4.33. The maximum absolute atomic E-state index is 12.4. The average molecular weight is 275 g/mol. The van der Waals surface area contributed by atoms with Crippen LogP contribution in [0.3, 0.4) is 0 Å². The quantitative estimate of drug-likeness (QED) is 0.587. The minimum Gasteiger partial charge on any atom is -0.349 e. The predicted molar refractivity (Wildman–Crippen MR) is 82.5 cm³/mol. The molecule has 0 atom stereocenters. The van der Waals surface area contributed by atoms with E-state index in [-0.39, 0.29) is 11.9 Å². The lowest BCUT2D eigenvalue weighted by molar-refractivity contribution is 0.0909. The summed E-state index contributed by atoms with van der Waals surface area (Å²) in [5.41, 5.74) is 5.35. The number of aryl methyl sites for hydroxylation is 1. The third kappa shape index (κ3) is 3.51. The third-order valence-electron chi connectivity index (χ3n) is 4.25. The molecule has 1 aromatic rings. The van der Waals surface area contributed by atoms with E-state index >= 15 is 0 Å². The van der Waals surface area contributed by atoms with E-state index in [0.29, 0.717) is 16.7 Å². The van der Waals surface area contributed by atoms with Crippen molar-refractivity contribution in [3.05, 3.63) is 29.3 Å². The van der Waals surface area contributed by atoms with Crippen LogP contribution >= 0.6 is 0 Å². The van der Waals surface area contributed by atoms with Crippen molar-refractivity contribution in [3.63, 3.8) is 0 Å². The summed E-state index contributed by atoms with van der Waals surface area (Å²) >= 11 is 0. The molecule has 0 aromatic heterocycles. The fraction of sp³-hybridized carbons (Fsp3) is 0.562. The van der Waals surface area contributed by atoms with Crippen LogP contribution in [-0.2, 0) is 0 Å². The molecular weight excluding hydrogens is 250 g/mol. The first kappa shape index (κ1) is 14.9. The summed E-state index contributed by atoms with van der Waals surface area (Å²) < 4.78 is 0. The molecule has 1 aliphatic carbocycles. The summed E-state index contributed by atoms with van der Waals surface area (Å²) in [7, 11) is 0. The Morgan fingerprint density at radius 1 is 1.30 bits per heavy atom. The zero-order valence-electron chi connectivity index (χ0n) is 12.6. The number of hydrazine groups is 1. The number of carbonyl (C=O) groups excluding carboxylic acids is 1.